The van der Waals surface area contributed by atoms with Crippen LogP contribution in [0.1, 0.15) is 39.5 Å². The fraction of sp³-hybridized carbons (Fsp3) is 0.800. The van der Waals surface area contributed by atoms with E-state index in [2.05, 4.69) is 13.8 Å². The van der Waals surface area contributed by atoms with Gasteiger partial charge in [-0.05, 0) is 12.3 Å². The van der Waals surface area contributed by atoms with Crippen molar-refractivity contribution < 1.29 is 19.4 Å². The molecular weight excluding hydrogens is 184 g/mol. The van der Waals surface area contributed by atoms with Gasteiger partial charge in [0.25, 0.3) is 0 Å². The highest BCUT2D eigenvalue weighted by Gasteiger charge is 2.07. The van der Waals surface area contributed by atoms with Crippen LogP contribution in [0.15, 0.2) is 0 Å². The standard InChI is InChI=1S/C10H18O4/c1-3-8(2)6-7-14-10(13)5-4-9(11)12/h8H,3-7H2,1-2H3,(H,11,12). The third-order valence-electron chi connectivity index (χ3n) is 2.11. The summed E-state index contributed by atoms with van der Waals surface area (Å²) in [5.41, 5.74) is 0. The molecule has 0 radical (unpaired) electrons. The fourth-order valence-electron chi connectivity index (χ4n) is 0.859. The maximum atomic E-state index is 10.9. The quantitative estimate of drug-likeness (QED) is 0.640. The van der Waals surface area contributed by atoms with Crippen LogP contribution >= 0.6 is 0 Å². The van der Waals surface area contributed by atoms with Crippen molar-refractivity contribution in [3.05, 3.63) is 0 Å². The van der Waals surface area contributed by atoms with Crippen LogP contribution in [0.25, 0.3) is 0 Å². The van der Waals surface area contributed by atoms with E-state index < -0.39 is 11.9 Å². The Morgan fingerprint density at radius 3 is 2.50 bits per heavy atom. The van der Waals surface area contributed by atoms with Crippen molar-refractivity contribution in [2.24, 2.45) is 5.92 Å². The maximum absolute atomic E-state index is 10.9. The zero-order valence-electron chi connectivity index (χ0n) is 8.78. The lowest BCUT2D eigenvalue weighted by Gasteiger charge is -2.08. The predicted molar refractivity (Wildman–Crippen MR) is 51.9 cm³/mol. The lowest BCUT2D eigenvalue weighted by molar-refractivity contribution is -0.148. The molecule has 0 fully saturated rings. The number of ether oxygens (including phenoxy) is 1. The van der Waals surface area contributed by atoms with Gasteiger partial charge in [-0.3, -0.25) is 9.59 Å². The summed E-state index contributed by atoms with van der Waals surface area (Å²) >= 11 is 0. The molecule has 4 nitrogen and oxygen atoms in total. The number of carbonyl (C=O) groups is 2. The third kappa shape index (κ3) is 7.58. The van der Waals surface area contributed by atoms with E-state index in [-0.39, 0.29) is 12.8 Å². The smallest absolute Gasteiger partial charge is 0.306 e. The molecule has 0 heterocycles. The third-order valence-corrected chi connectivity index (χ3v) is 2.11. The highest BCUT2D eigenvalue weighted by atomic mass is 16.5. The molecule has 0 aliphatic rings. The Labute approximate surface area is 84.3 Å². The Morgan fingerprint density at radius 1 is 1.36 bits per heavy atom. The van der Waals surface area contributed by atoms with Crippen molar-refractivity contribution in [1.82, 2.24) is 0 Å². The summed E-state index contributed by atoms with van der Waals surface area (Å²) in [5, 5.41) is 8.31. The second-order valence-electron chi connectivity index (χ2n) is 3.42. The minimum Gasteiger partial charge on any atom is -0.481 e. The van der Waals surface area contributed by atoms with E-state index in [1.807, 2.05) is 0 Å². The molecule has 0 spiro atoms. The van der Waals surface area contributed by atoms with E-state index >= 15 is 0 Å². The zero-order valence-corrected chi connectivity index (χ0v) is 8.78. The summed E-state index contributed by atoms with van der Waals surface area (Å²) in [4.78, 5) is 21.1. The number of hydrogen-bond acceptors (Lipinski definition) is 3. The van der Waals surface area contributed by atoms with E-state index in [0.29, 0.717) is 12.5 Å². The summed E-state index contributed by atoms with van der Waals surface area (Å²) in [6, 6.07) is 0. The largest absolute Gasteiger partial charge is 0.481 e. The molecule has 0 aromatic rings. The van der Waals surface area contributed by atoms with Crippen LogP contribution in [-0.4, -0.2) is 23.7 Å². The van der Waals surface area contributed by atoms with E-state index in [9.17, 15) is 9.59 Å². The SMILES string of the molecule is CCC(C)CCOC(=O)CCC(=O)O. The maximum Gasteiger partial charge on any atom is 0.306 e. The van der Waals surface area contributed by atoms with Crippen LogP contribution in [0.3, 0.4) is 0 Å². The predicted octanol–water partition coefficient (Wildman–Crippen LogP) is 1.83. The Bertz CT molecular complexity index is 189. The molecule has 0 aliphatic carbocycles. The molecule has 0 aromatic heterocycles. The molecular formula is C10H18O4. The van der Waals surface area contributed by atoms with Crippen molar-refractivity contribution in [1.29, 1.82) is 0 Å². The Morgan fingerprint density at radius 2 is 2.00 bits per heavy atom. The average molecular weight is 202 g/mol. The first-order chi connectivity index (χ1) is 6.56. The molecule has 14 heavy (non-hydrogen) atoms. The monoisotopic (exact) mass is 202 g/mol. The number of hydrogen-bond donors (Lipinski definition) is 1. The van der Waals surface area contributed by atoms with Crippen molar-refractivity contribution in [3.63, 3.8) is 0 Å². The van der Waals surface area contributed by atoms with Crippen LogP contribution in [0.5, 0.6) is 0 Å². The van der Waals surface area contributed by atoms with E-state index in [1.54, 1.807) is 0 Å². The number of carboxylic acids is 1. The number of carboxylic acid groups (broad SMARTS) is 1. The average Bonchev–Trinajstić information content (AvgIpc) is 2.14. The molecule has 1 unspecified atom stereocenters. The minimum atomic E-state index is -0.969. The number of carbonyl (C=O) groups excluding carboxylic acids is 1. The number of esters is 1. The molecule has 1 atom stereocenters. The molecule has 1 N–H and O–H groups in total. The molecule has 82 valence electrons. The second kappa shape index (κ2) is 7.35. The van der Waals surface area contributed by atoms with Crippen molar-refractivity contribution in [2.45, 2.75) is 39.5 Å². The van der Waals surface area contributed by atoms with Gasteiger partial charge in [0.05, 0.1) is 19.4 Å². The highest BCUT2D eigenvalue weighted by molar-refractivity contribution is 5.76. The first-order valence-corrected chi connectivity index (χ1v) is 4.93. The summed E-state index contributed by atoms with van der Waals surface area (Å²) in [7, 11) is 0. The molecule has 0 amide bonds. The van der Waals surface area contributed by atoms with Crippen LogP contribution < -0.4 is 0 Å². The van der Waals surface area contributed by atoms with Gasteiger partial charge < -0.3 is 9.84 Å². The topological polar surface area (TPSA) is 63.6 Å². The molecule has 0 saturated heterocycles. The van der Waals surface area contributed by atoms with Crippen LogP contribution in [0.4, 0.5) is 0 Å². The van der Waals surface area contributed by atoms with Gasteiger partial charge in [0.2, 0.25) is 0 Å². The van der Waals surface area contributed by atoms with Gasteiger partial charge in [0.15, 0.2) is 0 Å². The van der Waals surface area contributed by atoms with Gasteiger partial charge >= 0.3 is 11.9 Å². The highest BCUT2D eigenvalue weighted by Crippen LogP contribution is 2.06. The van der Waals surface area contributed by atoms with Gasteiger partial charge in [-0.15, -0.1) is 0 Å². The Hall–Kier alpha value is -1.06. The molecule has 0 aromatic carbocycles. The van der Waals surface area contributed by atoms with Gasteiger partial charge in [-0.2, -0.15) is 0 Å². The zero-order chi connectivity index (χ0) is 11.0. The van der Waals surface area contributed by atoms with Crippen LogP contribution in [0.2, 0.25) is 0 Å². The number of rotatable bonds is 7. The van der Waals surface area contributed by atoms with Crippen molar-refractivity contribution in [3.8, 4) is 0 Å². The lowest BCUT2D eigenvalue weighted by Crippen LogP contribution is -2.10. The van der Waals surface area contributed by atoms with E-state index in [1.165, 1.54) is 0 Å². The Kier molecular flexibility index (Phi) is 6.80. The van der Waals surface area contributed by atoms with E-state index in [0.717, 1.165) is 12.8 Å². The summed E-state index contributed by atoms with van der Waals surface area (Å²) < 4.78 is 4.86. The van der Waals surface area contributed by atoms with Crippen molar-refractivity contribution in [2.75, 3.05) is 6.61 Å². The van der Waals surface area contributed by atoms with Gasteiger partial charge in [0, 0.05) is 0 Å². The second-order valence-corrected chi connectivity index (χ2v) is 3.42. The van der Waals surface area contributed by atoms with Gasteiger partial charge in [0.1, 0.15) is 0 Å². The molecule has 0 saturated carbocycles. The normalized spacial score (nSPS) is 12.1. The molecule has 0 rings (SSSR count). The lowest BCUT2D eigenvalue weighted by atomic mass is 10.1. The van der Waals surface area contributed by atoms with Gasteiger partial charge in [-0.25, -0.2) is 0 Å². The molecule has 0 aliphatic heterocycles. The van der Waals surface area contributed by atoms with Crippen LogP contribution in [0, 0.1) is 5.92 Å². The number of aliphatic carboxylic acids is 1. The molecule has 0 bridgehead atoms. The minimum absolute atomic E-state index is 0.0319. The summed E-state index contributed by atoms with van der Waals surface area (Å²) in [6.45, 7) is 4.56. The van der Waals surface area contributed by atoms with Crippen LogP contribution in [-0.2, 0) is 14.3 Å². The van der Waals surface area contributed by atoms with E-state index in [4.69, 9.17) is 9.84 Å². The molecule has 4 heteroatoms. The van der Waals surface area contributed by atoms with Crippen molar-refractivity contribution >= 4 is 11.9 Å². The first-order valence-electron chi connectivity index (χ1n) is 4.93. The Balaban J connectivity index is 3.40. The van der Waals surface area contributed by atoms with Gasteiger partial charge in [-0.1, -0.05) is 20.3 Å². The first kappa shape index (κ1) is 12.9. The summed E-state index contributed by atoms with van der Waals surface area (Å²) in [5.74, 6) is -0.846. The fourth-order valence-corrected chi connectivity index (χ4v) is 0.859. The summed E-state index contributed by atoms with van der Waals surface area (Å²) in [6.07, 6.45) is 1.72.